The van der Waals surface area contributed by atoms with E-state index in [0.29, 0.717) is 24.2 Å². The van der Waals surface area contributed by atoms with Crippen molar-refractivity contribution in [2.75, 3.05) is 11.4 Å². The van der Waals surface area contributed by atoms with Gasteiger partial charge in [0.05, 0.1) is 37.1 Å². The number of aliphatic hydroxyl groups is 1. The highest BCUT2D eigenvalue weighted by molar-refractivity contribution is 5.90. The van der Waals surface area contributed by atoms with Crippen molar-refractivity contribution in [3.05, 3.63) is 65.5 Å². The number of hydrogen-bond acceptors (Lipinski definition) is 5. The third-order valence-corrected chi connectivity index (χ3v) is 5.00. The number of aromatic nitrogens is 3. The van der Waals surface area contributed by atoms with Gasteiger partial charge in [-0.1, -0.05) is 36.4 Å². The molecule has 2 aromatic carbocycles. The van der Waals surface area contributed by atoms with Crippen molar-refractivity contribution >= 4 is 11.8 Å². The second kappa shape index (κ2) is 8.19. The van der Waals surface area contributed by atoms with Gasteiger partial charge in [0.15, 0.2) is 0 Å². The van der Waals surface area contributed by atoms with E-state index in [0.717, 1.165) is 17.7 Å². The zero-order valence-electron chi connectivity index (χ0n) is 16.3. The Morgan fingerprint density at radius 1 is 1.20 bits per heavy atom. The monoisotopic (exact) mass is 414 g/mol. The fraction of sp³-hybridized carbons (Fsp3) is 0.286. The summed E-state index contributed by atoms with van der Waals surface area (Å²) in [5, 5.41) is 16.7. The molecule has 30 heavy (non-hydrogen) atoms. The molecule has 0 spiro atoms. The van der Waals surface area contributed by atoms with Crippen LogP contribution < -0.4 is 4.90 Å². The van der Waals surface area contributed by atoms with Crippen LogP contribution >= 0.6 is 0 Å². The lowest BCUT2D eigenvalue weighted by Gasteiger charge is -2.15. The van der Waals surface area contributed by atoms with E-state index < -0.39 is 17.7 Å². The van der Waals surface area contributed by atoms with E-state index in [4.69, 9.17) is 9.84 Å². The van der Waals surface area contributed by atoms with E-state index in [1.54, 1.807) is 35.1 Å². The van der Waals surface area contributed by atoms with Gasteiger partial charge in [-0.15, -0.1) is 5.10 Å². The number of carbonyl (C=O) groups excluding carboxylic acids is 1. The van der Waals surface area contributed by atoms with Gasteiger partial charge in [-0.25, -0.2) is 18.3 Å². The molecule has 0 aliphatic carbocycles. The van der Waals surface area contributed by atoms with Gasteiger partial charge in [-0.05, 0) is 29.7 Å². The number of ether oxygens (including phenoxy) is 1. The normalized spacial score (nSPS) is 16.2. The van der Waals surface area contributed by atoms with Crippen molar-refractivity contribution in [2.45, 2.75) is 32.6 Å². The van der Waals surface area contributed by atoms with Gasteiger partial charge in [0.2, 0.25) is 0 Å². The fourth-order valence-corrected chi connectivity index (χ4v) is 3.39. The lowest BCUT2D eigenvalue weighted by Crippen LogP contribution is -2.24. The number of nitrogens with zero attached hydrogens (tertiary/aromatic N) is 4. The average Bonchev–Trinajstić information content (AvgIpc) is 3.34. The Morgan fingerprint density at radius 2 is 1.90 bits per heavy atom. The number of cyclic esters (lactones) is 1. The van der Waals surface area contributed by atoms with Gasteiger partial charge in [0, 0.05) is 0 Å². The number of hydrogen-bond donors (Lipinski definition) is 1. The van der Waals surface area contributed by atoms with Crippen molar-refractivity contribution in [3.8, 4) is 11.1 Å². The smallest absolute Gasteiger partial charge is 0.414 e. The number of rotatable bonds is 6. The van der Waals surface area contributed by atoms with Gasteiger partial charge >= 0.3 is 6.09 Å². The predicted molar refractivity (Wildman–Crippen MR) is 105 cm³/mol. The maximum atomic E-state index is 14.8. The van der Waals surface area contributed by atoms with Gasteiger partial charge in [-0.3, -0.25) is 4.90 Å². The first kappa shape index (κ1) is 20.0. The van der Waals surface area contributed by atoms with Crippen molar-refractivity contribution in [2.24, 2.45) is 0 Å². The molecule has 0 saturated carbocycles. The summed E-state index contributed by atoms with van der Waals surface area (Å²) in [4.78, 5) is 13.2. The predicted octanol–water partition coefficient (Wildman–Crippen LogP) is 3.50. The zero-order chi connectivity index (χ0) is 21.3. The molecule has 1 amide bonds. The number of halogens is 2. The molecule has 3 aromatic rings. The first-order valence-electron chi connectivity index (χ1n) is 9.55. The van der Waals surface area contributed by atoms with Crippen molar-refractivity contribution in [1.82, 2.24) is 15.0 Å². The summed E-state index contributed by atoms with van der Waals surface area (Å²) in [6.45, 7) is 2.36. The van der Waals surface area contributed by atoms with E-state index >= 15 is 0 Å². The first-order valence-corrected chi connectivity index (χ1v) is 9.55. The van der Waals surface area contributed by atoms with E-state index in [9.17, 15) is 13.6 Å². The van der Waals surface area contributed by atoms with Gasteiger partial charge in [0.1, 0.15) is 23.4 Å². The Balaban J connectivity index is 1.56. The van der Waals surface area contributed by atoms with Crippen molar-refractivity contribution in [3.63, 3.8) is 0 Å². The summed E-state index contributed by atoms with van der Waals surface area (Å²) >= 11 is 0. The van der Waals surface area contributed by atoms with Gasteiger partial charge < -0.3 is 9.84 Å². The van der Waals surface area contributed by atoms with E-state index in [-0.39, 0.29) is 30.5 Å². The maximum Gasteiger partial charge on any atom is 0.414 e. The van der Waals surface area contributed by atoms with Crippen molar-refractivity contribution in [1.29, 1.82) is 0 Å². The van der Waals surface area contributed by atoms with Gasteiger partial charge in [0.25, 0.3) is 0 Å². The minimum atomic E-state index is -0.755. The van der Waals surface area contributed by atoms with E-state index in [2.05, 4.69) is 10.3 Å². The number of benzene rings is 2. The van der Waals surface area contributed by atoms with Gasteiger partial charge in [-0.2, -0.15) is 0 Å². The van der Waals surface area contributed by atoms with Crippen LogP contribution in [-0.4, -0.2) is 38.8 Å². The Morgan fingerprint density at radius 3 is 2.47 bits per heavy atom. The van der Waals surface area contributed by atoms with Crippen LogP contribution in [0.25, 0.3) is 11.1 Å². The van der Waals surface area contributed by atoms with Crippen LogP contribution in [0.5, 0.6) is 0 Å². The number of anilines is 1. The summed E-state index contributed by atoms with van der Waals surface area (Å²) in [7, 11) is 0. The molecule has 4 rings (SSSR count). The Kier molecular flexibility index (Phi) is 5.45. The number of carbonyl (C=O) groups is 1. The third-order valence-electron chi connectivity index (χ3n) is 5.00. The molecule has 7 nitrogen and oxygen atoms in total. The Labute approximate surface area is 171 Å². The third kappa shape index (κ3) is 3.88. The summed E-state index contributed by atoms with van der Waals surface area (Å²) in [5.74, 6) is -1.51. The largest absolute Gasteiger partial charge is 0.444 e. The zero-order valence-corrected chi connectivity index (χ0v) is 16.3. The van der Waals surface area contributed by atoms with Crippen LogP contribution in [0.1, 0.15) is 24.6 Å². The molecule has 1 fully saturated rings. The second-order valence-electron chi connectivity index (χ2n) is 7.07. The minimum Gasteiger partial charge on any atom is -0.444 e. The Hall–Kier alpha value is -3.33. The molecule has 0 radical (unpaired) electrons. The highest BCUT2D eigenvalue weighted by Crippen LogP contribution is 2.32. The molecule has 1 atom stereocenters. The summed E-state index contributed by atoms with van der Waals surface area (Å²) < 4.78 is 36.3. The van der Waals surface area contributed by atoms with Crippen LogP contribution in [0.4, 0.5) is 19.3 Å². The van der Waals surface area contributed by atoms with Crippen LogP contribution in [0, 0.1) is 11.6 Å². The molecular weight excluding hydrogens is 394 g/mol. The minimum absolute atomic E-state index is 0.136. The van der Waals surface area contributed by atoms with E-state index in [1.165, 1.54) is 4.90 Å². The highest BCUT2D eigenvalue weighted by Gasteiger charge is 2.32. The maximum absolute atomic E-state index is 14.8. The quantitative estimate of drug-likeness (QED) is 0.668. The molecule has 0 unspecified atom stereocenters. The highest BCUT2D eigenvalue weighted by atomic mass is 19.1. The summed E-state index contributed by atoms with van der Waals surface area (Å²) in [5.41, 5.74) is 1.68. The lowest BCUT2D eigenvalue weighted by molar-refractivity contribution is 0.139. The van der Waals surface area contributed by atoms with Crippen LogP contribution in [0.3, 0.4) is 0 Å². The lowest BCUT2D eigenvalue weighted by atomic mass is 10.0. The van der Waals surface area contributed by atoms with Crippen LogP contribution in [0.15, 0.2) is 42.6 Å². The topological polar surface area (TPSA) is 80.5 Å². The molecule has 156 valence electrons. The SMILES string of the molecule is CC[C@H]1CN(c2cc(F)c(-c3ccc(Cn4cc(CO)nn4)cc3)c(F)c2)C(=O)O1. The molecule has 1 aliphatic rings. The van der Waals surface area contributed by atoms with E-state index in [1.807, 2.05) is 6.92 Å². The second-order valence-corrected chi connectivity index (χ2v) is 7.07. The molecule has 9 heteroatoms. The molecule has 2 heterocycles. The molecule has 1 aliphatic heterocycles. The molecular formula is C21H20F2N4O3. The summed E-state index contributed by atoms with van der Waals surface area (Å²) in [6, 6.07) is 9.03. The standard InChI is InChI=1S/C21H20F2N4O3/c1-2-17-11-27(21(29)30-17)16-7-18(22)20(19(23)8-16)14-5-3-13(4-6-14)9-26-10-15(12-28)24-25-26/h3-8,10,17,28H,2,9,11-12H2,1H3/t17-/m0/s1. The Bertz CT molecular complexity index is 1050. The number of amides is 1. The molecule has 1 aromatic heterocycles. The summed E-state index contributed by atoms with van der Waals surface area (Å²) in [6.07, 6.45) is 1.37. The first-order chi connectivity index (χ1) is 14.5. The van der Waals surface area contributed by atoms with Crippen LogP contribution in [-0.2, 0) is 17.9 Å². The fourth-order valence-electron chi connectivity index (χ4n) is 3.39. The molecule has 1 N–H and O–H groups in total. The average molecular weight is 414 g/mol. The van der Waals surface area contributed by atoms with Crippen molar-refractivity contribution < 1.29 is 23.4 Å². The molecule has 1 saturated heterocycles. The number of aliphatic hydroxyl groups excluding tert-OH is 1. The molecule has 0 bridgehead atoms. The van der Waals surface area contributed by atoms with Crippen LogP contribution in [0.2, 0.25) is 0 Å².